The Balaban J connectivity index is 3.28. The molecule has 1 aromatic carbocycles. The number of rotatable bonds is 5. The van der Waals surface area contributed by atoms with E-state index in [-0.39, 0.29) is 6.07 Å². The number of methoxy groups -OCH3 is 2. The summed E-state index contributed by atoms with van der Waals surface area (Å²) in [6.45, 7) is 0. The predicted octanol–water partition coefficient (Wildman–Crippen LogP) is 3.23. The quantitative estimate of drug-likeness (QED) is 0.364. The molecule has 0 saturated carbocycles. The van der Waals surface area contributed by atoms with Gasteiger partial charge >= 0.3 is 24.3 Å². The molecule has 0 bridgehead atoms. The van der Waals surface area contributed by atoms with Crippen molar-refractivity contribution in [3.63, 3.8) is 0 Å². The average molecular weight is 386 g/mol. The van der Waals surface area contributed by atoms with Gasteiger partial charge in [-0.3, -0.25) is 10.2 Å². The van der Waals surface area contributed by atoms with Crippen LogP contribution in [-0.4, -0.2) is 31.9 Å². The van der Waals surface area contributed by atoms with Crippen molar-refractivity contribution in [2.45, 2.75) is 18.8 Å². The number of anilines is 1. The van der Waals surface area contributed by atoms with Gasteiger partial charge in [0.25, 0.3) is 0 Å². The SMILES string of the molecule is COC(=O)C/C(=N\Nc1cc(C(F)(F)F)cc(C(F)(F)F)c1)C(=O)OC. The molecule has 0 aliphatic carbocycles. The summed E-state index contributed by atoms with van der Waals surface area (Å²) in [4.78, 5) is 22.7. The second-order valence-electron chi connectivity index (χ2n) is 4.71. The van der Waals surface area contributed by atoms with E-state index in [0.717, 1.165) is 14.2 Å². The topological polar surface area (TPSA) is 77.0 Å². The lowest BCUT2D eigenvalue weighted by Crippen LogP contribution is -2.22. The van der Waals surface area contributed by atoms with E-state index in [2.05, 4.69) is 14.6 Å². The molecule has 0 radical (unpaired) electrons. The molecule has 0 amide bonds. The molecular formula is C14H12F6N2O4. The standard InChI is InChI=1S/C14H12F6N2O4/c1-25-11(23)6-10(12(24)26-2)22-21-9-4-7(13(15,16)17)3-8(5-9)14(18,19)20/h3-5,21H,6H2,1-2H3/b22-10+. The molecule has 1 rings (SSSR count). The number of carbonyl (C=O) groups is 2. The number of hydrogen-bond donors (Lipinski definition) is 1. The van der Waals surface area contributed by atoms with Crippen LogP contribution in [0, 0.1) is 0 Å². The summed E-state index contributed by atoms with van der Waals surface area (Å²) in [7, 11) is 1.95. The van der Waals surface area contributed by atoms with Gasteiger partial charge in [-0.2, -0.15) is 31.4 Å². The first-order valence-corrected chi connectivity index (χ1v) is 6.65. The molecule has 144 valence electrons. The van der Waals surface area contributed by atoms with Crippen LogP contribution in [0.15, 0.2) is 23.3 Å². The van der Waals surface area contributed by atoms with E-state index in [0.29, 0.717) is 12.1 Å². The Bertz CT molecular complexity index is 680. The summed E-state index contributed by atoms with van der Waals surface area (Å²) in [6, 6.07) is 0.669. The van der Waals surface area contributed by atoms with Gasteiger partial charge in [-0.25, -0.2) is 4.79 Å². The first-order chi connectivity index (χ1) is 11.9. The van der Waals surface area contributed by atoms with Crippen molar-refractivity contribution in [1.29, 1.82) is 0 Å². The van der Waals surface area contributed by atoms with E-state index in [1.807, 2.05) is 5.43 Å². The van der Waals surface area contributed by atoms with Crippen molar-refractivity contribution < 1.29 is 45.4 Å². The molecule has 26 heavy (non-hydrogen) atoms. The fraction of sp³-hybridized carbons (Fsp3) is 0.357. The first kappa shape index (κ1) is 21.3. The molecule has 0 saturated heterocycles. The van der Waals surface area contributed by atoms with Gasteiger partial charge < -0.3 is 9.47 Å². The third kappa shape index (κ3) is 5.93. The molecule has 1 N–H and O–H groups in total. The number of halogens is 6. The number of hydrogen-bond acceptors (Lipinski definition) is 6. The molecular weight excluding hydrogens is 374 g/mol. The van der Waals surface area contributed by atoms with Crippen molar-refractivity contribution in [2.24, 2.45) is 5.10 Å². The highest BCUT2D eigenvalue weighted by Crippen LogP contribution is 2.37. The lowest BCUT2D eigenvalue weighted by molar-refractivity contribution is -0.143. The second-order valence-corrected chi connectivity index (χ2v) is 4.71. The summed E-state index contributed by atoms with van der Waals surface area (Å²) in [5.74, 6) is -2.04. The highest BCUT2D eigenvalue weighted by molar-refractivity contribution is 6.39. The van der Waals surface area contributed by atoms with Crippen LogP contribution in [0.4, 0.5) is 32.0 Å². The summed E-state index contributed by atoms with van der Waals surface area (Å²) < 4.78 is 85.2. The van der Waals surface area contributed by atoms with Gasteiger partial charge in [0.1, 0.15) is 0 Å². The third-order valence-electron chi connectivity index (χ3n) is 2.87. The fourth-order valence-electron chi connectivity index (χ4n) is 1.64. The van der Waals surface area contributed by atoms with Crippen LogP contribution in [0.25, 0.3) is 0 Å². The van der Waals surface area contributed by atoms with Gasteiger partial charge in [0.15, 0.2) is 5.71 Å². The number of nitrogens with one attached hydrogen (secondary N) is 1. The van der Waals surface area contributed by atoms with E-state index < -0.39 is 53.2 Å². The van der Waals surface area contributed by atoms with Gasteiger partial charge in [-0.1, -0.05) is 0 Å². The molecule has 1 aromatic rings. The third-order valence-corrected chi connectivity index (χ3v) is 2.87. The van der Waals surface area contributed by atoms with E-state index in [1.165, 1.54) is 0 Å². The number of hydrazone groups is 1. The van der Waals surface area contributed by atoms with Gasteiger partial charge in [0, 0.05) is 0 Å². The van der Waals surface area contributed by atoms with Crippen LogP contribution in [0.3, 0.4) is 0 Å². The molecule has 0 unspecified atom stereocenters. The lowest BCUT2D eigenvalue weighted by atomic mass is 10.1. The van der Waals surface area contributed by atoms with Crippen LogP contribution < -0.4 is 5.43 Å². The van der Waals surface area contributed by atoms with E-state index in [9.17, 15) is 35.9 Å². The van der Waals surface area contributed by atoms with Gasteiger partial charge in [0.05, 0.1) is 37.5 Å². The summed E-state index contributed by atoms with van der Waals surface area (Å²) in [5.41, 5.74) is -2.55. The minimum Gasteiger partial charge on any atom is -0.469 e. The molecule has 0 fully saturated rings. The van der Waals surface area contributed by atoms with Crippen molar-refractivity contribution in [3.8, 4) is 0 Å². The maximum Gasteiger partial charge on any atom is 0.416 e. The Morgan fingerprint density at radius 3 is 1.85 bits per heavy atom. The lowest BCUT2D eigenvalue weighted by Gasteiger charge is -2.14. The molecule has 0 heterocycles. The maximum absolute atomic E-state index is 12.8. The fourth-order valence-corrected chi connectivity index (χ4v) is 1.64. The zero-order valence-electron chi connectivity index (χ0n) is 13.3. The zero-order chi connectivity index (χ0) is 20.1. The summed E-state index contributed by atoms with van der Waals surface area (Å²) in [5, 5.41) is 3.36. The zero-order valence-corrected chi connectivity index (χ0v) is 13.3. The molecule has 0 aromatic heterocycles. The van der Waals surface area contributed by atoms with E-state index in [4.69, 9.17) is 0 Å². The number of carbonyl (C=O) groups excluding carboxylic acids is 2. The van der Waals surface area contributed by atoms with E-state index >= 15 is 0 Å². The molecule has 0 spiro atoms. The Hall–Kier alpha value is -2.79. The van der Waals surface area contributed by atoms with Crippen LogP contribution in [0.1, 0.15) is 17.5 Å². The summed E-state index contributed by atoms with van der Waals surface area (Å²) in [6.07, 6.45) is -10.8. The molecule has 12 heteroatoms. The Labute approximate surface area is 142 Å². The average Bonchev–Trinajstić information content (AvgIpc) is 2.55. The molecule has 0 aliphatic heterocycles. The largest absolute Gasteiger partial charge is 0.469 e. The van der Waals surface area contributed by atoms with E-state index in [1.54, 1.807) is 0 Å². The Kier molecular flexibility index (Phi) is 6.59. The normalized spacial score (nSPS) is 12.5. The first-order valence-electron chi connectivity index (χ1n) is 6.65. The highest BCUT2D eigenvalue weighted by atomic mass is 19.4. The van der Waals surface area contributed by atoms with Crippen LogP contribution in [-0.2, 0) is 31.4 Å². The minimum atomic E-state index is -5.04. The van der Waals surface area contributed by atoms with Crippen molar-refractivity contribution in [2.75, 3.05) is 19.6 Å². The smallest absolute Gasteiger partial charge is 0.416 e. The summed E-state index contributed by atoms with van der Waals surface area (Å²) >= 11 is 0. The van der Waals surface area contributed by atoms with Gasteiger partial charge in [0.2, 0.25) is 0 Å². The number of esters is 2. The second kappa shape index (κ2) is 8.06. The minimum absolute atomic E-state index is 0.0649. The van der Waals surface area contributed by atoms with Crippen molar-refractivity contribution in [3.05, 3.63) is 29.3 Å². The maximum atomic E-state index is 12.8. The monoisotopic (exact) mass is 386 g/mol. The number of ether oxygens (including phenoxy) is 2. The van der Waals surface area contributed by atoms with Gasteiger partial charge in [-0.05, 0) is 18.2 Å². The number of benzene rings is 1. The van der Waals surface area contributed by atoms with Crippen LogP contribution in [0.5, 0.6) is 0 Å². The van der Waals surface area contributed by atoms with Crippen molar-refractivity contribution in [1.82, 2.24) is 0 Å². The van der Waals surface area contributed by atoms with Crippen molar-refractivity contribution >= 4 is 23.3 Å². The molecule has 0 aliphatic rings. The van der Waals surface area contributed by atoms with Crippen LogP contribution in [0.2, 0.25) is 0 Å². The van der Waals surface area contributed by atoms with Crippen LogP contribution >= 0.6 is 0 Å². The highest BCUT2D eigenvalue weighted by Gasteiger charge is 2.37. The number of alkyl halides is 6. The Morgan fingerprint density at radius 1 is 0.962 bits per heavy atom. The molecule has 0 atom stereocenters. The van der Waals surface area contributed by atoms with Gasteiger partial charge in [-0.15, -0.1) is 0 Å². The Morgan fingerprint density at radius 2 is 1.46 bits per heavy atom. The molecule has 6 nitrogen and oxygen atoms in total. The predicted molar refractivity (Wildman–Crippen MR) is 76.2 cm³/mol. The number of nitrogens with zero attached hydrogens (tertiary/aromatic N) is 1.